The summed E-state index contributed by atoms with van der Waals surface area (Å²) in [5, 5.41) is 4.75. The number of rotatable bonds is 6. The van der Waals surface area contributed by atoms with Gasteiger partial charge in [-0.25, -0.2) is 0 Å². The minimum atomic E-state index is -0.529. The molecule has 0 saturated heterocycles. The maximum Gasteiger partial charge on any atom is 0.135 e. The Labute approximate surface area is 405 Å². The Balaban J connectivity index is 0.939. The van der Waals surface area contributed by atoms with Crippen molar-refractivity contribution >= 4 is 60.8 Å². The van der Waals surface area contributed by atoms with Crippen molar-refractivity contribution in [3.8, 4) is 50.2 Å². The van der Waals surface area contributed by atoms with Crippen molar-refractivity contribution in [3.05, 3.63) is 277 Å². The lowest BCUT2D eigenvalue weighted by atomic mass is 9.70. The zero-order valence-corrected chi connectivity index (χ0v) is 38.1. The number of nitrogens with zero attached hydrogens (tertiary/aromatic N) is 2. The number of fused-ring (bicyclic) bond motifs is 16. The maximum absolute atomic E-state index is 6.22. The van der Waals surface area contributed by atoms with Crippen molar-refractivity contribution in [2.75, 3.05) is 4.90 Å². The standard InChI is InChI=1S/C67H42N2O/c1-2-16-46(17-3-1)69-60-28-12-7-22-55(60)65-49(23-14-29-61(65)69)44-34-39-48(40-35-44)68(47-37-32-43(33-38-47)45-36-41-64-56(42-45)53-21-8-13-31-63(53)70-64)62-30-15-24-54-52-20-6-11-27-59(52)67(66(54)62)57-25-9-4-18-50(57)51-19-5-10-26-58(51)67/h1-42H. The van der Waals surface area contributed by atoms with Gasteiger partial charge in [-0.2, -0.15) is 0 Å². The molecule has 0 fully saturated rings. The summed E-state index contributed by atoms with van der Waals surface area (Å²) < 4.78 is 8.62. The van der Waals surface area contributed by atoms with Gasteiger partial charge in [0.1, 0.15) is 11.2 Å². The molecule has 15 rings (SSSR count). The van der Waals surface area contributed by atoms with Crippen LogP contribution in [0.5, 0.6) is 0 Å². The number of hydrogen-bond donors (Lipinski definition) is 0. The fourth-order valence-electron chi connectivity index (χ4n) is 12.4. The second-order valence-electron chi connectivity index (χ2n) is 18.7. The summed E-state index contributed by atoms with van der Waals surface area (Å²) in [6.45, 7) is 0. The van der Waals surface area contributed by atoms with Gasteiger partial charge in [0.15, 0.2) is 0 Å². The summed E-state index contributed by atoms with van der Waals surface area (Å²) in [5.41, 5.74) is 23.2. The first-order chi connectivity index (χ1) is 34.7. The smallest absolute Gasteiger partial charge is 0.135 e. The highest BCUT2D eigenvalue weighted by molar-refractivity contribution is 6.16. The van der Waals surface area contributed by atoms with E-state index in [1.54, 1.807) is 0 Å². The maximum atomic E-state index is 6.22. The molecule has 2 aliphatic rings. The van der Waals surface area contributed by atoms with E-state index in [1.165, 1.54) is 77.4 Å². The van der Waals surface area contributed by atoms with Gasteiger partial charge in [-0.1, -0.05) is 182 Å². The van der Waals surface area contributed by atoms with Crippen LogP contribution < -0.4 is 4.90 Å². The Hall–Kier alpha value is -9.18. The van der Waals surface area contributed by atoms with Gasteiger partial charge in [-0.05, 0) is 134 Å². The highest BCUT2D eigenvalue weighted by Gasteiger charge is 2.53. The third-order valence-corrected chi connectivity index (χ3v) is 15.2. The van der Waals surface area contributed by atoms with E-state index in [2.05, 4.69) is 252 Å². The van der Waals surface area contributed by atoms with E-state index in [9.17, 15) is 0 Å². The molecule has 2 aromatic heterocycles. The molecule has 70 heavy (non-hydrogen) atoms. The lowest BCUT2D eigenvalue weighted by Crippen LogP contribution is -2.28. The molecule has 0 unspecified atom stereocenters. The van der Waals surface area contributed by atoms with E-state index in [1.807, 2.05) is 12.1 Å². The Morgan fingerprint density at radius 2 is 0.857 bits per heavy atom. The van der Waals surface area contributed by atoms with Crippen LogP contribution in [0, 0.1) is 0 Å². The number of benzene rings is 11. The van der Waals surface area contributed by atoms with E-state index in [0.29, 0.717) is 0 Å². The third-order valence-electron chi connectivity index (χ3n) is 15.2. The van der Waals surface area contributed by atoms with Gasteiger partial charge in [0.25, 0.3) is 0 Å². The average Bonchev–Trinajstić information content (AvgIpc) is 4.16. The van der Waals surface area contributed by atoms with Gasteiger partial charge in [0.2, 0.25) is 0 Å². The minimum absolute atomic E-state index is 0.529. The SMILES string of the molecule is c1ccc(-n2c3ccccc3c3c(-c4ccc(N(c5ccc(-c6ccc7oc8ccccc8c7c6)cc5)c5cccc6c5C5(c7ccccc7-c7ccccc75)c5ccccc5-6)cc4)cccc32)cc1. The van der Waals surface area contributed by atoms with Crippen molar-refractivity contribution in [1.29, 1.82) is 0 Å². The van der Waals surface area contributed by atoms with Crippen molar-refractivity contribution < 1.29 is 4.42 Å². The lowest BCUT2D eigenvalue weighted by molar-refractivity contribution is 0.669. The van der Waals surface area contributed by atoms with Crippen molar-refractivity contribution in [3.63, 3.8) is 0 Å². The Kier molecular flexibility index (Phi) is 8.28. The van der Waals surface area contributed by atoms with E-state index in [0.717, 1.165) is 55.8 Å². The predicted molar refractivity (Wildman–Crippen MR) is 290 cm³/mol. The second kappa shape index (κ2) is 14.9. The normalized spacial score (nSPS) is 13.0. The lowest BCUT2D eigenvalue weighted by Gasteiger charge is -2.36. The van der Waals surface area contributed by atoms with Crippen LogP contribution in [0.15, 0.2) is 259 Å². The van der Waals surface area contributed by atoms with E-state index < -0.39 is 5.41 Å². The molecule has 0 radical (unpaired) electrons. The van der Waals surface area contributed by atoms with Gasteiger partial charge in [-0.3, -0.25) is 0 Å². The van der Waals surface area contributed by atoms with Gasteiger partial charge in [-0.15, -0.1) is 0 Å². The zero-order valence-electron chi connectivity index (χ0n) is 38.1. The molecule has 0 N–H and O–H groups in total. The molecule has 0 saturated carbocycles. The molecular weight excluding hydrogens is 849 g/mol. The molecule has 13 aromatic rings. The quantitative estimate of drug-likeness (QED) is 0.166. The summed E-state index contributed by atoms with van der Waals surface area (Å²) in [6.07, 6.45) is 0. The average molecular weight is 891 g/mol. The largest absolute Gasteiger partial charge is 0.456 e. The first-order valence-electron chi connectivity index (χ1n) is 24.2. The van der Waals surface area contributed by atoms with Gasteiger partial charge in [0.05, 0.1) is 22.1 Å². The van der Waals surface area contributed by atoms with Gasteiger partial charge in [0, 0.05) is 44.2 Å². The molecule has 0 amide bonds. The first kappa shape index (κ1) is 38.9. The van der Waals surface area contributed by atoms with Crippen molar-refractivity contribution in [2.45, 2.75) is 5.41 Å². The number of aromatic nitrogens is 1. The Morgan fingerprint density at radius 3 is 1.57 bits per heavy atom. The van der Waals surface area contributed by atoms with Gasteiger partial charge >= 0.3 is 0 Å². The summed E-state index contributed by atoms with van der Waals surface area (Å²) in [7, 11) is 0. The van der Waals surface area contributed by atoms with Crippen LogP contribution in [0.25, 0.3) is 93.9 Å². The molecule has 0 aliphatic heterocycles. The summed E-state index contributed by atoms with van der Waals surface area (Å²) in [4.78, 5) is 2.50. The zero-order chi connectivity index (χ0) is 45.9. The van der Waals surface area contributed by atoms with Crippen LogP contribution in [0.1, 0.15) is 22.3 Å². The Bertz CT molecular complexity index is 4170. The van der Waals surface area contributed by atoms with Crippen LogP contribution in [0.3, 0.4) is 0 Å². The third kappa shape index (κ3) is 5.40. The molecular formula is C67H42N2O. The fourth-order valence-corrected chi connectivity index (χ4v) is 12.4. The number of para-hydroxylation sites is 3. The van der Waals surface area contributed by atoms with E-state index in [4.69, 9.17) is 4.42 Å². The minimum Gasteiger partial charge on any atom is -0.456 e. The first-order valence-corrected chi connectivity index (χ1v) is 24.2. The van der Waals surface area contributed by atoms with E-state index in [-0.39, 0.29) is 0 Å². The molecule has 326 valence electrons. The monoisotopic (exact) mass is 890 g/mol. The predicted octanol–water partition coefficient (Wildman–Crippen LogP) is 17.8. The molecule has 0 atom stereocenters. The highest BCUT2D eigenvalue weighted by Crippen LogP contribution is 2.65. The Morgan fingerprint density at radius 1 is 0.343 bits per heavy atom. The van der Waals surface area contributed by atoms with Crippen LogP contribution in [0.4, 0.5) is 17.1 Å². The van der Waals surface area contributed by atoms with Crippen molar-refractivity contribution in [1.82, 2.24) is 4.57 Å². The van der Waals surface area contributed by atoms with Crippen molar-refractivity contribution in [2.24, 2.45) is 0 Å². The molecule has 3 nitrogen and oxygen atoms in total. The molecule has 0 bridgehead atoms. The highest BCUT2D eigenvalue weighted by atomic mass is 16.3. The van der Waals surface area contributed by atoms with Crippen LogP contribution in [0.2, 0.25) is 0 Å². The number of anilines is 3. The number of hydrogen-bond acceptors (Lipinski definition) is 2. The molecule has 3 heteroatoms. The topological polar surface area (TPSA) is 21.3 Å². The van der Waals surface area contributed by atoms with Crippen LogP contribution >= 0.6 is 0 Å². The summed E-state index contributed by atoms with van der Waals surface area (Å²) in [5.74, 6) is 0. The molecule has 1 spiro atoms. The fraction of sp³-hybridized carbons (Fsp3) is 0.0149. The van der Waals surface area contributed by atoms with Gasteiger partial charge < -0.3 is 13.9 Å². The molecule has 11 aromatic carbocycles. The summed E-state index contributed by atoms with van der Waals surface area (Å²) >= 11 is 0. The van der Waals surface area contributed by atoms with Crippen LogP contribution in [-0.2, 0) is 5.41 Å². The molecule has 2 aliphatic carbocycles. The summed E-state index contributed by atoms with van der Waals surface area (Å²) in [6, 6.07) is 93.7. The molecule has 2 heterocycles. The van der Waals surface area contributed by atoms with E-state index >= 15 is 0 Å². The number of furan rings is 1. The second-order valence-corrected chi connectivity index (χ2v) is 18.7. The van der Waals surface area contributed by atoms with Crippen LogP contribution in [-0.4, -0.2) is 4.57 Å².